The second kappa shape index (κ2) is 5.39. The molecule has 4 rings (SSSR count). The van der Waals surface area contributed by atoms with Crippen LogP contribution in [0, 0.1) is 0 Å². The molecular formula is C15H17Cl2N5. The Labute approximate surface area is 139 Å². The zero-order chi connectivity index (χ0) is 15.3. The molecule has 1 aliphatic heterocycles. The van der Waals surface area contributed by atoms with E-state index in [9.17, 15) is 0 Å². The van der Waals surface area contributed by atoms with Gasteiger partial charge in [-0.05, 0) is 31.4 Å². The molecule has 0 N–H and O–H groups in total. The second-order valence-corrected chi connectivity index (χ2v) is 6.59. The fraction of sp³-hybridized carbons (Fsp3) is 0.533. The van der Waals surface area contributed by atoms with E-state index in [1.54, 1.807) is 0 Å². The van der Waals surface area contributed by atoms with Crippen molar-refractivity contribution in [3.63, 3.8) is 0 Å². The molecule has 7 heteroatoms. The first-order valence-corrected chi connectivity index (χ1v) is 8.44. The highest BCUT2D eigenvalue weighted by atomic mass is 35.5. The average Bonchev–Trinajstić information content (AvgIpc) is 3.26. The highest BCUT2D eigenvalue weighted by molar-refractivity contribution is 6.32. The van der Waals surface area contributed by atoms with Gasteiger partial charge < -0.3 is 4.90 Å². The van der Waals surface area contributed by atoms with Gasteiger partial charge in [-0.25, -0.2) is 14.6 Å². The topological polar surface area (TPSA) is 46.8 Å². The number of hydrogen-bond acceptors (Lipinski definition) is 4. The third kappa shape index (κ3) is 2.46. The van der Waals surface area contributed by atoms with E-state index in [-0.39, 0.29) is 5.28 Å². The van der Waals surface area contributed by atoms with E-state index in [2.05, 4.69) is 32.5 Å². The normalized spacial score (nSPS) is 17.7. The lowest BCUT2D eigenvalue weighted by Gasteiger charge is -2.30. The van der Waals surface area contributed by atoms with Gasteiger partial charge >= 0.3 is 0 Å². The van der Waals surface area contributed by atoms with Crippen LogP contribution in [-0.4, -0.2) is 26.3 Å². The third-order valence-corrected chi connectivity index (χ3v) is 4.86. The second-order valence-electron chi connectivity index (χ2n) is 5.90. The lowest BCUT2D eigenvalue weighted by atomic mass is 10.1. The number of fused-ring (bicyclic) bond motifs is 1. The Bertz CT molecular complexity index is 723. The summed E-state index contributed by atoms with van der Waals surface area (Å²) in [7, 11) is 0. The minimum Gasteiger partial charge on any atom is -0.352 e. The molecule has 2 aromatic rings. The van der Waals surface area contributed by atoms with E-state index in [0.29, 0.717) is 17.6 Å². The number of anilines is 1. The van der Waals surface area contributed by atoms with Crippen LogP contribution in [-0.2, 0) is 19.5 Å². The molecule has 0 bridgehead atoms. The number of hydrogen-bond donors (Lipinski definition) is 0. The Hall–Kier alpha value is -1.33. The van der Waals surface area contributed by atoms with Crippen LogP contribution < -0.4 is 4.90 Å². The smallest absolute Gasteiger partial charge is 0.224 e. The summed E-state index contributed by atoms with van der Waals surface area (Å²) in [5, 5.41) is 5.44. The molecule has 116 valence electrons. The average molecular weight is 338 g/mol. The van der Waals surface area contributed by atoms with E-state index in [4.69, 9.17) is 28.3 Å². The van der Waals surface area contributed by atoms with E-state index in [1.165, 1.54) is 24.4 Å². The van der Waals surface area contributed by atoms with Crippen LogP contribution in [0.2, 0.25) is 10.4 Å². The minimum atomic E-state index is 0.229. The summed E-state index contributed by atoms with van der Waals surface area (Å²) in [5.41, 5.74) is 3.17. The van der Waals surface area contributed by atoms with E-state index in [0.717, 1.165) is 30.8 Å². The van der Waals surface area contributed by atoms with Gasteiger partial charge in [0.05, 0.1) is 11.4 Å². The van der Waals surface area contributed by atoms with Crippen molar-refractivity contribution in [2.45, 2.75) is 45.2 Å². The molecule has 0 aromatic carbocycles. The fourth-order valence-electron chi connectivity index (χ4n) is 3.03. The zero-order valence-electron chi connectivity index (χ0n) is 12.4. The van der Waals surface area contributed by atoms with Gasteiger partial charge in [-0.2, -0.15) is 5.10 Å². The third-order valence-electron chi connectivity index (χ3n) is 4.38. The van der Waals surface area contributed by atoms with Crippen molar-refractivity contribution in [2.24, 2.45) is 0 Å². The lowest BCUT2D eigenvalue weighted by molar-refractivity contribution is 0.608. The van der Waals surface area contributed by atoms with Gasteiger partial charge in [0.2, 0.25) is 5.28 Å². The maximum absolute atomic E-state index is 6.25. The minimum absolute atomic E-state index is 0.229. The summed E-state index contributed by atoms with van der Waals surface area (Å²) < 4.78 is 2.09. The van der Waals surface area contributed by atoms with Crippen LogP contribution in [0.3, 0.4) is 0 Å². The molecule has 0 amide bonds. The number of aromatic nitrogens is 4. The van der Waals surface area contributed by atoms with Gasteiger partial charge in [-0.1, -0.05) is 11.6 Å². The van der Waals surface area contributed by atoms with Gasteiger partial charge in [0.15, 0.2) is 0 Å². The van der Waals surface area contributed by atoms with Crippen LogP contribution in [0.4, 0.5) is 5.82 Å². The number of halogens is 2. The van der Waals surface area contributed by atoms with Gasteiger partial charge in [-0.15, -0.1) is 0 Å². The van der Waals surface area contributed by atoms with Gasteiger partial charge in [0, 0.05) is 43.6 Å². The molecule has 1 saturated carbocycles. The largest absolute Gasteiger partial charge is 0.352 e. The van der Waals surface area contributed by atoms with Crippen LogP contribution in [0.5, 0.6) is 0 Å². The molecule has 1 aliphatic carbocycles. The standard InChI is InChI=1S/C15H17Cl2N5/c1-2-22-13(7-12(20-22)9-3-4-9)21-6-5-11-10(8-21)14(16)19-15(17)18-11/h7,9H,2-6,8H2,1H3. The summed E-state index contributed by atoms with van der Waals surface area (Å²) in [5.74, 6) is 1.83. The number of rotatable bonds is 3. The van der Waals surface area contributed by atoms with Crippen molar-refractivity contribution >= 4 is 29.0 Å². The van der Waals surface area contributed by atoms with E-state index < -0.39 is 0 Å². The summed E-state index contributed by atoms with van der Waals surface area (Å²) in [6.07, 6.45) is 3.35. The molecule has 2 aromatic heterocycles. The van der Waals surface area contributed by atoms with Crippen molar-refractivity contribution in [1.82, 2.24) is 19.7 Å². The highest BCUT2D eigenvalue weighted by Crippen LogP contribution is 2.41. The van der Waals surface area contributed by atoms with E-state index in [1.807, 2.05) is 0 Å². The van der Waals surface area contributed by atoms with Crippen LogP contribution in [0.1, 0.15) is 42.6 Å². The first-order chi connectivity index (χ1) is 10.7. The van der Waals surface area contributed by atoms with Crippen LogP contribution >= 0.6 is 23.2 Å². The zero-order valence-corrected chi connectivity index (χ0v) is 13.9. The van der Waals surface area contributed by atoms with Crippen molar-refractivity contribution in [2.75, 3.05) is 11.4 Å². The predicted molar refractivity (Wildman–Crippen MR) is 86.7 cm³/mol. The van der Waals surface area contributed by atoms with Gasteiger partial charge in [0.1, 0.15) is 11.0 Å². The predicted octanol–water partition coefficient (Wildman–Crippen LogP) is 3.44. The summed E-state index contributed by atoms with van der Waals surface area (Å²) in [6.45, 7) is 4.60. The number of aryl methyl sites for hydroxylation is 1. The Balaban J connectivity index is 1.67. The summed E-state index contributed by atoms with van der Waals surface area (Å²) in [4.78, 5) is 10.7. The Morgan fingerprint density at radius 1 is 1.27 bits per heavy atom. The van der Waals surface area contributed by atoms with Crippen molar-refractivity contribution in [1.29, 1.82) is 0 Å². The Morgan fingerprint density at radius 3 is 2.82 bits per heavy atom. The fourth-order valence-corrected chi connectivity index (χ4v) is 3.51. The monoisotopic (exact) mass is 337 g/mol. The summed E-state index contributed by atoms with van der Waals surface area (Å²) in [6, 6.07) is 2.23. The Kier molecular flexibility index (Phi) is 3.50. The first kappa shape index (κ1) is 14.3. The summed E-state index contributed by atoms with van der Waals surface area (Å²) >= 11 is 12.1. The molecule has 0 saturated heterocycles. The molecule has 1 fully saturated rings. The van der Waals surface area contributed by atoms with Crippen molar-refractivity contribution in [3.05, 3.63) is 33.5 Å². The molecule has 0 spiro atoms. The maximum atomic E-state index is 6.25. The molecule has 3 heterocycles. The van der Waals surface area contributed by atoms with Gasteiger partial charge in [0.25, 0.3) is 0 Å². The van der Waals surface area contributed by atoms with Crippen LogP contribution in [0.15, 0.2) is 6.07 Å². The quantitative estimate of drug-likeness (QED) is 0.635. The molecule has 0 unspecified atom stereocenters. The molecule has 2 aliphatic rings. The van der Waals surface area contributed by atoms with Crippen molar-refractivity contribution < 1.29 is 0 Å². The molecule has 0 atom stereocenters. The Morgan fingerprint density at radius 2 is 2.09 bits per heavy atom. The molecule has 0 radical (unpaired) electrons. The van der Waals surface area contributed by atoms with Crippen molar-refractivity contribution in [3.8, 4) is 0 Å². The molecular weight excluding hydrogens is 321 g/mol. The highest BCUT2D eigenvalue weighted by Gasteiger charge is 2.29. The molecule has 5 nitrogen and oxygen atoms in total. The lowest BCUT2D eigenvalue weighted by Crippen LogP contribution is -2.33. The SMILES string of the molecule is CCn1nc(C2CC2)cc1N1CCc2nc(Cl)nc(Cl)c2C1. The molecule has 22 heavy (non-hydrogen) atoms. The number of nitrogens with zero attached hydrogens (tertiary/aromatic N) is 5. The first-order valence-electron chi connectivity index (χ1n) is 7.69. The van der Waals surface area contributed by atoms with Crippen LogP contribution in [0.25, 0.3) is 0 Å². The van der Waals surface area contributed by atoms with Gasteiger partial charge in [-0.3, -0.25) is 0 Å². The maximum Gasteiger partial charge on any atom is 0.224 e. The van der Waals surface area contributed by atoms with E-state index >= 15 is 0 Å².